The van der Waals surface area contributed by atoms with Crippen LogP contribution >= 0.6 is 0 Å². The van der Waals surface area contributed by atoms with Crippen LogP contribution in [0.5, 0.6) is 0 Å². The summed E-state index contributed by atoms with van der Waals surface area (Å²) in [5, 5.41) is 0. The molecule has 1 aromatic heterocycles. The summed E-state index contributed by atoms with van der Waals surface area (Å²) in [5.41, 5.74) is 4.04. The zero-order valence-corrected chi connectivity index (χ0v) is 14.9. The summed E-state index contributed by atoms with van der Waals surface area (Å²) >= 11 is 0. The molecule has 2 aromatic carbocycles. The molecule has 0 atom stereocenters. The number of hydrogen-bond acceptors (Lipinski definition) is 3. The third-order valence-electron chi connectivity index (χ3n) is 5.15. The van der Waals surface area contributed by atoms with Gasteiger partial charge in [-0.15, -0.1) is 0 Å². The van der Waals surface area contributed by atoms with E-state index in [0.717, 1.165) is 28.3 Å². The van der Waals surface area contributed by atoms with E-state index in [0.29, 0.717) is 33.0 Å². The topological polar surface area (TPSA) is 50.6 Å². The zero-order chi connectivity index (χ0) is 18.2. The second kappa shape index (κ2) is 6.55. The minimum Gasteiger partial charge on any atom is -0.378 e. The van der Waals surface area contributed by atoms with E-state index >= 15 is 0 Å². The summed E-state index contributed by atoms with van der Waals surface area (Å²) in [6, 6.07) is 18.1. The van der Waals surface area contributed by atoms with Crippen molar-refractivity contribution in [2.24, 2.45) is 0 Å². The Morgan fingerprint density at radius 2 is 1.70 bits per heavy atom. The first-order valence-electron chi connectivity index (χ1n) is 9.17. The monoisotopic (exact) mass is 360 g/mol. The molecule has 2 amide bonds. The summed E-state index contributed by atoms with van der Waals surface area (Å²) < 4.78 is 7.52. The summed E-state index contributed by atoms with van der Waals surface area (Å²) in [6.07, 6.45) is 1.90. The molecule has 0 radical (unpaired) electrons. The van der Waals surface area contributed by atoms with Crippen LogP contribution in [-0.2, 0) is 11.4 Å². The number of rotatable bonds is 1. The van der Waals surface area contributed by atoms with Crippen molar-refractivity contribution in [3.8, 4) is 22.6 Å². The number of urea groups is 1. The van der Waals surface area contributed by atoms with Crippen LogP contribution in [0.25, 0.3) is 22.6 Å². The van der Waals surface area contributed by atoms with Gasteiger partial charge in [-0.25, -0.2) is 9.78 Å². The molecule has 0 saturated carbocycles. The Morgan fingerprint density at radius 3 is 2.52 bits per heavy atom. The molecule has 2 aliphatic rings. The molecule has 0 spiro atoms. The van der Waals surface area contributed by atoms with Gasteiger partial charge < -0.3 is 14.2 Å². The van der Waals surface area contributed by atoms with Crippen molar-refractivity contribution >= 4 is 11.7 Å². The van der Waals surface area contributed by atoms with E-state index in [-0.39, 0.29) is 6.03 Å². The molecule has 0 N–H and O–H groups in total. The quantitative estimate of drug-likeness (QED) is 0.668. The highest BCUT2D eigenvalue weighted by atomic mass is 16.5. The number of anilines is 1. The van der Waals surface area contributed by atoms with E-state index in [1.165, 1.54) is 0 Å². The van der Waals surface area contributed by atoms with Gasteiger partial charge in [0, 0.05) is 24.2 Å². The number of hydrogen-bond donors (Lipinski definition) is 0. The van der Waals surface area contributed by atoms with Gasteiger partial charge in [0.25, 0.3) is 0 Å². The number of ether oxygens (including phenoxy) is 1. The molecule has 0 bridgehead atoms. The highest BCUT2D eigenvalue weighted by Crippen LogP contribution is 2.38. The van der Waals surface area contributed by atoms with Crippen LogP contribution in [0.2, 0.25) is 0 Å². The molecule has 136 valence electrons. The summed E-state index contributed by atoms with van der Waals surface area (Å²) in [6.45, 7) is 2.88. The van der Waals surface area contributed by atoms with Crippen molar-refractivity contribution in [1.29, 1.82) is 0 Å². The molecule has 1 fully saturated rings. The summed E-state index contributed by atoms with van der Waals surface area (Å²) in [7, 11) is 0. The lowest BCUT2D eigenvalue weighted by Gasteiger charge is -2.36. The molecule has 0 unspecified atom stereocenters. The Labute approximate surface area is 157 Å². The Hall–Kier alpha value is -3.12. The zero-order valence-electron chi connectivity index (χ0n) is 14.9. The fourth-order valence-electron chi connectivity index (χ4n) is 3.78. The van der Waals surface area contributed by atoms with E-state index in [4.69, 9.17) is 4.74 Å². The van der Waals surface area contributed by atoms with Crippen LogP contribution in [0.3, 0.4) is 0 Å². The number of carbonyl (C=O) groups excluding carboxylic acids is 1. The lowest BCUT2D eigenvalue weighted by Crippen LogP contribution is -2.49. The van der Waals surface area contributed by atoms with Gasteiger partial charge in [-0.1, -0.05) is 48.5 Å². The van der Waals surface area contributed by atoms with E-state index in [1.807, 2.05) is 64.5 Å². The number of para-hydroxylation sites is 1. The molecule has 0 aliphatic carbocycles. The number of amides is 2. The molecule has 5 rings (SSSR count). The fourth-order valence-corrected chi connectivity index (χ4v) is 3.78. The third-order valence-corrected chi connectivity index (χ3v) is 5.15. The lowest BCUT2D eigenvalue weighted by molar-refractivity contribution is 0.0545. The average molecular weight is 360 g/mol. The second-order valence-electron chi connectivity index (χ2n) is 6.73. The van der Waals surface area contributed by atoms with Gasteiger partial charge in [0.1, 0.15) is 12.5 Å². The van der Waals surface area contributed by atoms with Crippen LogP contribution in [-0.4, -0.2) is 46.8 Å². The number of aromatic nitrogens is 2. The van der Waals surface area contributed by atoms with Gasteiger partial charge in [0.05, 0.1) is 30.8 Å². The SMILES string of the molecule is O=C(N1CCOCC1)N1Cn2c(cnc2-c2ccccc2)-c2ccccc21. The largest absolute Gasteiger partial charge is 0.378 e. The lowest BCUT2D eigenvalue weighted by atomic mass is 10.1. The third kappa shape index (κ3) is 2.69. The average Bonchev–Trinajstić information content (AvgIpc) is 3.18. The smallest absolute Gasteiger partial charge is 0.326 e. The minimum absolute atomic E-state index is 0.0177. The van der Waals surface area contributed by atoms with Gasteiger partial charge in [-0.05, 0) is 6.07 Å². The highest BCUT2D eigenvalue weighted by Gasteiger charge is 2.31. The van der Waals surface area contributed by atoms with Crippen LogP contribution in [0, 0.1) is 0 Å². The molecule has 6 nitrogen and oxygen atoms in total. The van der Waals surface area contributed by atoms with Gasteiger partial charge in [0.2, 0.25) is 0 Å². The van der Waals surface area contributed by atoms with Crippen LogP contribution in [0.4, 0.5) is 10.5 Å². The molecule has 3 heterocycles. The van der Waals surface area contributed by atoms with Gasteiger partial charge in [-0.3, -0.25) is 4.90 Å². The van der Waals surface area contributed by atoms with E-state index in [1.54, 1.807) is 0 Å². The van der Waals surface area contributed by atoms with Crippen LogP contribution in [0.15, 0.2) is 60.8 Å². The number of carbonyl (C=O) groups is 1. The first-order valence-corrected chi connectivity index (χ1v) is 9.17. The predicted molar refractivity (Wildman–Crippen MR) is 103 cm³/mol. The molecule has 6 heteroatoms. The Bertz CT molecular complexity index is 963. The predicted octanol–water partition coefficient (Wildman–Crippen LogP) is 3.45. The fraction of sp³-hybridized carbons (Fsp3) is 0.238. The van der Waals surface area contributed by atoms with Crippen LogP contribution < -0.4 is 4.90 Å². The second-order valence-corrected chi connectivity index (χ2v) is 6.73. The maximum atomic E-state index is 13.3. The van der Waals surface area contributed by atoms with Crippen molar-refractivity contribution in [2.45, 2.75) is 6.67 Å². The molecule has 3 aromatic rings. The number of benzene rings is 2. The maximum absolute atomic E-state index is 13.3. The Morgan fingerprint density at radius 1 is 0.963 bits per heavy atom. The van der Waals surface area contributed by atoms with E-state index in [9.17, 15) is 4.79 Å². The molecular weight excluding hydrogens is 340 g/mol. The van der Waals surface area contributed by atoms with Gasteiger partial charge >= 0.3 is 6.03 Å². The summed E-state index contributed by atoms with van der Waals surface area (Å²) in [5.74, 6) is 0.875. The maximum Gasteiger partial charge on any atom is 0.326 e. The first kappa shape index (κ1) is 16.1. The molecule has 27 heavy (non-hydrogen) atoms. The standard InChI is InChI=1S/C21H20N4O2/c26-21(23-10-12-27-13-11-23)25-15-24-19(17-8-4-5-9-18(17)25)14-22-20(24)16-6-2-1-3-7-16/h1-9,14H,10-13,15H2. The normalized spacial score (nSPS) is 16.0. The first-order chi connectivity index (χ1) is 13.3. The number of morpholine rings is 1. The van der Waals surface area contributed by atoms with Crippen molar-refractivity contribution in [3.63, 3.8) is 0 Å². The van der Waals surface area contributed by atoms with Crippen molar-refractivity contribution in [1.82, 2.24) is 14.5 Å². The number of nitrogens with zero attached hydrogens (tertiary/aromatic N) is 4. The highest BCUT2D eigenvalue weighted by molar-refractivity contribution is 5.97. The van der Waals surface area contributed by atoms with Crippen molar-refractivity contribution in [2.75, 3.05) is 31.2 Å². The van der Waals surface area contributed by atoms with Crippen molar-refractivity contribution in [3.05, 3.63) is 60.8 Å². The Balaban J connectivity index is 1.59. The number of imidazole rings is 1. The van der Waals surface area contributed by atoms with E-state index in [2.05, 4.69) is 15.6 Å². The van der Waals surface area contributed by atoms with E-state index < -0.39 is 0 Å². The molecule has 2 aliphatic heterocycles. The summed E-state index contributed by atoms with van der Waals surface area (Å²) in [4.78, 5) is 21.6. The molecular formula is C21H20N4O2. The molecule has 1 saturated heterocycles. The Kier molecular flexibility index (Phi) is 3.90. The van der Waals surface area contributed by atoms with Crippen LogP contribution in [0.1, 0.15) is 0 Å². The van der Waals surface area contributed by atoms with Gasteiger partial charge in [-0.2, -0.15) is 0 Å². The van der Waals surface area contributed by atoms with Gasteiger partial charge in [0.15, 0.2) is 0 Å². The van der Waals surface area contributed by atoms with Crippen molar-refractivity contribution < 1.29 is 9.53 Å². The minimum atomic E-state index is 0.0177. The number of fused-ring (bicyclic) bond motifs is 3.